The molecule has 0 spiro atoms. The van der Waals surface area contributed by atoms with E-state index in [2.05, 4.69) is 9.47 Å². The summed E-state index contributed by atoms with van der Waals surface area (Å²) in [5, 5.41) is 18.7. The first kappa shape index (κ1) is 17.4. The normalized spacial score (nSPS) is 6.67. The molecule has 0 fully saturated rings. The molecule has 0 aromatic rings. The van der Waals surface area contributed by atoms with Crippen molar-refractivity contribution in [2.45, 2.75) is 0 Å². The van der Waals surface area contributed by atoms with Crippen LogP contribution in [0.5, 0.6) is 0 Å². The van der Waals surface area contributed by atoms with Gasteiger partial charge in [0.2, 0.25) is 0 Å². The smallest absolute Gasteiger partial charge is 0.467 e. The number of carboxylic acid groups (broad SMARTS) is 2. The Labute approximate surface area is 87.0 Å². The van der Waals surface area contributed by atoms with Gasteiger partial charge in [-0.05, 0) is 0 Å². The average Bonchev–Trinajstić information content (AvgIpc) is 1.58. The van der Waals surface area contributed by atoms with Crippen molar-refractivity contribution < 1.29 is 68.2 Å². The van der Waals surface area contributed by atoms with Crippen LogP contribution in [0.25, 0.3) is 0 Å². The number of carbonyl (C=O) groups is 3. The van der Waals surface area contributed by atoms with E-state index in [0.717, 1.165) is 0 Å². The van der Waals surface area contributed by atoms with E-state index in [4.69, 9.17) is 0 Å². The number of ether oxygens (including phenoxy) is 2. The summed E-state index contributed by atoms with van der Waals surface area (Å²) in [4.78, 5) is 28.5. The van der Waals surface area contributed by atoms with E-state index in [9.17, 15) is 24.6 Å². The summed E-state index contributed by atoms with van der Waals surface area (Å²) < 4.78 is 6.17. The molecule has 0 rings (SSSR count). The van der Waals surface area contributed by atoms with Crippen molar-refractivity contribution in [1.29, 1.82) is 0 Å². The van der Waals surface area contributed by atoms with Crippen molar-refractivity contribution in [3.8, 4) is 0 Å². The molecule has 0 amide bonds. The van der Waals surface area contributed by atoms with Gasteiger partial charge in [-0.1, -0.05) is 0 Å². The van der Waals surface area contributed by atoms with E-state index in [1.807, 2.05) is 0 Å². The predicted molar refractivity (Wildman–Crippen MR) is 18.4 cm³/mol. The Kier molecular flexibility index (Phi) is 12.1. The molecule has 0 aliphatic carbocycles. The largest absolute Gasteiger partial charge is 1.00 e. The van der Waals surface area contributed by atoms with Crippen molar-refractivity contribution in [3.05, 3.63) is 0 Å². The number of rotatable bonds is 0. The summed E-state index contributed by atoms with van der Waals surface area (Å²) in [6, 6.07) is 0. The minimum atomic E-state index is -2.20. The van der Waals surface area contributed by atoms with E-state index < -0.39 is 18.5 Å². The topological polar surface area (TPSA) is 116 Å². The number of hydrogen-bond acceptors (Lipinski definition) is 7. The molecule has 0 aliphatic heterocycles. The molecule has 0 bridgehead atoms. The minimum absolute atomic E-state index is 0. The quantitative estimate of drug-likeness (QED) is 0.280. The SMILES string of the molecule is O=C([O-])OC(=O)OC(=O)[O-].[Cu+].[Cu+]. The van der Waals surface area contributed by atoms with Crippen LogP contribution in [0.3, 0.4) is 0 Å². The maximum Gasteiger partial charge on any atom is 1.00 e. The molecule has 0 radical (unpaired) electrons. The number of hydrogen-bond donors (Lipinski definition) is 0. The first-order chi connectivity index (χ1) is 4.52. The van der Waals surface area contributed by atoms with Gasteiger partial charge in [-0.3, -0.25) is 0 Å². The standard InChI is InChI=1S/C3H2O7.2Cu/c4-1(5)9-3(8)10-2(6)7;;/h(H,4,5)(H,6,7);;/q;2*+1/p-2. The fraction of sp³-hybridized carbons (Fsp3) is 0. The summed E-state index contributed by atoms with van der Waals surface area (Å²) >= 11 is 0. The monoisotopic (exact) mass is 274 g/mol. The first-order valence-corrected chi connectivity index (χ1v) is 1.84. The summed E-state index contributed by atoms with van der Waals surface area (Å²) in [5.41, 5.74) is 0. The Hall–Kier alpha value is -0.751. The molecule has 0 saturated carbocycles. The van der Waals surface area contributed by atoms with E-state index >= 15 is 0 Å². The van der Waals surface area contributed by atoms with Crippen LogP contribution < -0.4 is 10.2 Å². The minimum Gasteiger partial charge on any atom is -0.467 e. The molecule has 0 saturated heterocycles. The zero-order valence-electron chi connectivity index (χ0n) is 4.96. The number of carbonyl (C=O) groups excluding carboxylic acids is 3. The summed E-state index contributed by atoms with van der Waals surface area (Å²) in [5.74, 6) is 0. The van der Waals surface area contributed by atoms with E-state index in [0.29, 0.717) is 0 Å². The van der Waals surface area contributed by atoms with Crippen LogP contribution in [0.4, 0.5) is 14.4 Å². The molecule has 0 atom stereocenters. The van der Waals surface area contributed by atoms with Crippen LogP contribution in [-0.2, 0) is 43.6 Å². The van der Waals surface area contributed by atoms with Gasteiger partial charge in [0.15, 0.2) is 0 Å². The van der Waals surface area contributed by atoms with Crippen LogP contribution in [0.2, 0.25) is 0 Å². The molecule has 9 heteroatoms. The van der Waals surface area contributed by atoms with Crippen LogP contribution in [0.15, 0.2) is 0 Å². The molecule has 0 heterocycles. The van der Waals surface area contributed by atoms with Gasteiger partial charge in [0.05, 0.1) is 0 Å². The second kappa shape index (κ2) is 8.35. The Bertz CT molecular complexity index is 159. The molecule has 0 N–H and O–H groups in total. The molecule has 0 aliphatic rings. The fourth-order valence-electron chi connectivity index (χ4n) is 0.157. The summed E-state index contributed by atoms with van der Waals surface area (Å²) in [6.07, 6.45) is -6.32. The summed E-state index contributed by atoms with van der Waals surface area (Å²) in [6.45, 7) is 0. The second-order valence-electron chi connectivity index (χ2n) is 0.954. The third-order valence-electron chi connectivity index (χ3n) is 0.333. The van der Waals surface area contributed by atoms with E-state index in [1.54, 1.807) is 0 Å². The van der Waals surface area contributed by atoms with Gasteiger partial charge in [0, 0.05) is 0 Å². The molecule has 0 aromatic carbocycles. The van der Waals surface area contributed by atoms with Crippen molar-refractivity contribution in [2.75, 3.05) is 0 Å². The van der Waals surface area contributed by atoms with Crippen LogP contribution in [0, 0.1) is 0 Å². The van der Waals surface area contributed by atoms with Crippen LogP contribution in [0.1, 0.15) is 0 Å². The Morgan fingerprint density at radius 1 is 0.833 bits per heavy atom. The fourth-order valence-corrected chi connectivity index (χ4v) is 0.157. The molecular formula is C3Cu2O7. The van der Waals surface area contributed by atoms with Gasteiger partial charge >= 0.3 is 40.3 Å². The molecule has 12 heavy (non-hydrogen) atoms. The third kappa shape index (κ3) is 12.0. The predicted octanol–water partition coefficient (Wildman–Crippen LogP) is -2.18. The van der Waals surface area contributed by atoms with E-state index in [-0.39, 0.29) is 34.1 Å². The Morgan fingerprint density at radius 2 is 1.08 bits per heavy atom. The zero-order chi connectivity index (χ0) is 8.15. The molecular weight excluding hydrogens is 275 g/mol. The maximum absolute atomic E-state index is 9.78. The zero-order valence-corrected chi connectivity index (χ0v) is 6.84. The van der Waals surface area contributed by atoms with Crippen molar-refractivity contribution in [2.24, 2.45) is 0 Å². The maximum atomic E-state index is 9.78. The van der Waals surface area contributed by atoms with Crippen LogP contribution in [-0.4, -0.2) is 18.5 Å². The van der Waals surface area contributed by atoms with Crippen molar-refractivity contribution >= 4 is 18.5 Å². The van der Waals surface area contributed by atoms with Gasteiger partial charge in [-0.15, -0.1) is 0 Å². The first-order valence-electron chi connectivity index (χ1n) is 1.84. The molecule has 0 unspecified atom stereocenters. The molecule has 76 valence electrons. The van der Waals surface area contributed by atoms with Crippen molar-refractivity contribution in [3.63, 3.8) is 0 Å². The second-order valence-corrected chi connectivity index (χ2v) is 0.954. The van der Waals surface area contributed by atoms with E-state index in [1.165, 1.54) is 0 Å². The van der Waals surface area contributed by atoms with Crippen LogP contribution >= 0.6 is 0 Å². The van der Waals surface area contributed by atoms with Gasteiger partial charge in [-0.25, -0.2) is 4.79 Å². The van der Waals surface area contributed by atoms with Crippen molar-refractivity contribution in [1.82, 2.24) is 0 Å². The summed E-state index contributed by atoms with van der Waals surface area (Å²) in [7, 11) is 0. The van der Waals surface area contributed by atoms with Gasteiger partial charge in [0.1, 0.15) is 0 Å². The van der Waals surface area contributed by atoms with Gasteiger partial charge < -0.3 is 29.3 Å². The Balaban J connectivity index is -0.000000405. The molecule has 0 aromatic heterocycles. The van der Waals surface area contributed by atoms with Gasteiger partial charge in [0.25, 0.3) is 12.3 Å². The third-order valence-corrected chi connectivity index (χ3v) is 0.333. The molecule has 7 nitrogen and oxygen atoms in total. The average molecular weight is 275 g/mol. The Morgan fingerprint density at radius 3 is 1.25 bits per heavy atom. The van der Waals surface area contributed by atoms with Gasteiger partial charge in [-0.2, -0.15) is 0 Å².